The third-order valence-electron chi connectivity index (χ3n) is 7.09. The molecule has 1 saturated heterocycles. The van der Waals surface area contributed by atoms with Gasteiger partial charge in [0.2, 0.25) is 0 Å². The number of hydrogen-bond acceptors (Lipinski definition) is 3. The standard InChI is InChI=1S/C30H38N2O/c1-25(26(2)27-12-6-3-7-13-27)24-32-20-18-31(19-21-32)22-23-33-30(28-14-8-4-9-15-28)29-16-10-5-11-17-29/h3-17,25-26,30H,18-24H2,1-2H3. The lowest BCUT2D eigenvalue weighted by molar-refractivity contribution is 0.0429. The Hall–Kier alpha value is -2.46. The van der Waals surface area contributed by atoms with Crippen LogP contribution in [0.25, 0.3) is 0 Å². The zero-order valence-electron chi connectivity index (χ0n) is 20.1. The fourth-order valence-corrected chi connectivity index (χ4v) is 4.79. The smallest absolute Gasteiger partial charge is 0.108 e. The number of benzene rings is 3. The van der Waals surface area contributed by atoms with Gasteiger partial charge in [0, 0.05) is 39.3 Å². The van der Waals surface area contributed by atoms with E-state index in [-0.39, 0.29) is 6.10 Å². The van der Waals surface area contributed by atoms with Gasteiger partial charge in [-0.15, -0.1) is 0 Å². The first-order chi connectivity index (χ1) is 16.2. The van der Waals surface area contributed by atoms with Crippen LogP contribution >= 0.6 is 0 Å². The van der Waals surface area contributed by atoms with Crippen LogP contribution in [0.5, 0.6) is 0 Å². The topological polar surface area (TPSA) is 15.7 Å². The van der Waals surface area contributed by atoms with Gasteiger partial charge in [-0.2, -0.15) is 0 Å². The molecule has 0 amide bonds. The van der Waals surface area contributed by atoms with E-state index >= 15 is 0 Å². The van der Waals surface area contributed by atoms with Gasteiger partial charge in [0.25, 0.3) is 0 Å². The van der Waals surface area contributed by atoms with Crippen LogP contribution in [0.15, 0.2) is 91.0 Å². The molecule has 0 aromatic heterocycles. The molecule has 2 unspecified atom stereocenters. The summed E-state index contributed by atoms with van der Waals surface area (Å²) in [7, 11) is 0. The Labute approximate surface area is 200 Å². The summed E-state index contributed by atoms with van der Waals surface area (Å²) in [4.78, 5) is 5.19. The van der Waals surface area contributed by atoms with Gasteiger partial charge in [0.05, 0.1) is 6.61 Å². The Kier molecular flexibility index (Phi) is 8.71. The molecule has 1 aliphatic rings. The molecular weight excluding hydrogens is 404 g/mol. The van der Waals surface area contributed by atoms with Gasteiger partial charge < -0.3 is 9.64 Å². The van der Waals surface area contributed by atoms with E-state index in [2.05, 4.69) is 115 Å². The Bertz CT molecular complexity index is 884. The lowest BCUT2D eigenvalue weighted by atomic mass is 9.88. The first-order valence-electron chi connectivity index (χ1n) is 12.4. The molecule has 0 aliphatic carbocycles. The Morgan fingerprint density at radius 3 is 1.61 bits per heavy atom. The van der Waals surface area contributed by atoms with Crippen molar-refractivity contribution >= 4 is 0 Å². The third kappa shape index (κ3) is 6.77. The molecule has 0 spiro atoms. The first-order valence-corrected chi connectivity index (χ1v) is 12.4. The van der Waals surface area contributed by atoms with E-state index in [0.717, 1.165) is 39.3 Å². The molecule has 3 heteroatoms. The maximum atomic E-state index is 6.43. The predicted molar refractivity (Wildman–Crippen MR) is 138 cm³/mol. The average molecular weight is 443 g/mol. The number of nitrogens with zero attached hydrogens (tertiary/aromatic N) is 2. The molecule has 0 N–H and O–H groups in total. The average Bonchev–Trinajstić information content (AvgIpc) is 2.88. The van der Waals surface area contributed by atoms with E-state index in [4.69, 9.17) is 4.74 Å². The van der Waals surface area contributed by atoms with Crippen molar-refractivity contribution in [1.29, 1.82) is 0 Å². The zero-order valence-corrected chi connectivity index (χ0v) is 20.1. The van der Waals surface area contributed by atoms with Crippen molar-refractivity contribution in [2.24, 2.45) is 5.92 Å². The molecule has 0 saturated carbocycles. The summed E-state index contributed by atoms with van der Waals surface area (Å²) in [6.45, 7) is 12.2. The van der Waals surface area contributed by atoms with Gasteiger partial charge in [-0.3, -0.25) is 4.90 Å². The normalized spacial score (nSPS) is 17.2. The van der Waals surface area contributed by atoms with Crippen molar-refractivity contribution in [3.63, 3.8) is 0 Å². The molecule has 1 heterocycles. The number of hydrogen-bond donors (Lipinski definition) is 0. The number of piperazine rings is 1. The largest absolute Gasteiger partial charge is 0.367 e. The second-order valence-corrected chi connectivity index (χ2v) is 9.39. The van der Waals surface area contributed by atoms with E-state index in [1.807, 2.05) is 0 Å². The van der Waals surface area contributed by atoms with E-state index in [1.165, 1.54) is 23.2 Å². The molecule has 4 rings (SSSR count). The fraction of sp³-hybridized carbons (Fsp3) is 0.400. The highest BCUT2D eigenvalue weighted by molar-refractivity contribution is 5.29. The Morgan fingerprint density at radius 1 is 0.636 bits per heavy atom. The maximum absolute atomic E-state index is 6.43. The summed E-state index contributed by atoms with van der Waals surface area (Å²) < 4.78 is 6.43. The van der Waals surface area contributed by atoms with Gasteiger partial charge in [-0.05, 0) is 28.5 Å². The minimum atomic E-state index is -0.00554. The van der Waals surface area contributed by atoms with Crippen LogP contribution in [0.1, 0.15) is 42.6 Å². The second-order valence-electron chi connectivity index (χ2n) is 9.39. The maximum Gasteiger partial charge on any atom is 0.108 e. The van der Waals surface area contributed by atoms with Crippen molar-refractivity contribution in [2.75, 3.05) is 45.9 Å². The first kappa shape index (κ1) is 23.7. The molecule has 174 valence electrons. The second kappa shape index (κ2) is 12.1. The molecule has 1 fully saturated rings. The van der Waals surface area contributed by atoms with Gasteiger partial charge in [0.1, 0.15) is 6.10 Å². The molecule has 0 radical (unpaired) electrons. The van der Waals surface area contributed by atoms with E-state index in [9.17, 15) is 0 Å². The van der Waals surface area contributed by atoms with Crippen LogP contribution in [0.2, 0.25) is 0 Å². The third-order valence-corrected chi connectivity index (χ3v) is 7.09. The van der Waals surface area contributed by atoms with E-state index in [1.54, 1.807) is 0 Å². The van der Waals surface area contributed by atoms with Crippen molar-refractivity contribution in [3.8, 4) is 0 Å². The molecule has 1 aliphatic heterocycles. The van der Waals surface area contributed by atoms with E-state index < -0.39 is 0 Å². The lowest BCUT2D eigenvalue weighted by Crippen LogP contribution is -2.48. The van der Waals surface area contributed by atoms with Crippen LogP contribution in [-0.2, 0) is 4.74 Å². The lowest BCUT2D eigenvalue weighted by Gasteiger charge is -2.37. The predicted octanol–water partition coefficient (Wildman–Crippen LogP) is 5.85. The number of rotatable bonds is 10. The quantitative estimate of drug-likeness (QED) is 0.392. The van der Waals surface area contributed by atoms with Crippen LogP contribution in [0, 0.1) is 5.92 Å². The SMILES string of the molecule is CC(CN1CCN(CCOC(c2ccccc2)c2ccccc2)CC1)C(C)c1ccccc1. The molecular formula is C30H38N2O. The van der Waals surface area contributed by atoms with Gasteiger partial charge in [0.15, 0.2) is 0 Å². The molecule has 33 heavy (non-hydrogen) atoms. The summed E-state index contributed by atoms with van der Waals surface area (Å²) in [5.74, 6) is 1.24. The van der Waals surface area contributed by atoms with Crippen molar-refractivity contribution < 1.29 is 4.74 Å². The summed E-state index contributed by atoms with van der Waals surface area (Å²) in [6.07, 6.45) is -0.00554. The van der Waals surface area contributed by atoms with Crippen molar-refractivity contribution in [1.82, 2.24) is 9.80 Å². The summed E-state index contributed by atoms with van der Waals surface area (Å²) >= 11 is 0. The van der Waals surface area contributed by atoms with Crippen LogP contribution < -0.4 is 0 Å². The van der Waals surface area contributed by atoms with Gasteiger partial charge >= 0.3 is 0 Å². The highest BCUT2D eigenvalue weighted by Crippen LogP contribution is 2.26. The van der Waals surface area contributed by atoms with Gasteiger partial charge in [-0.1, -0.05) is 105 Å². The van der Waals surface area contributed by atoms with Gasteiger partial charge in [-0.25, -0.2) is 0 Å². The minimum absolute atomic E-state index is 0.00554. The van der Waals surface area contributed by atoms with Crippen molar-refractivity contribution in [2.45, 2.75) is 25.9 Å². The van der Waals surface area contributed by atoms with Crippen LogP contribution in [-0.4, -0.2) is 55.7 Å². The Morgan fingerprint density at radius 2 is 1.09 bits per heavy atom. The van der Waals surface area contributed by atoms with Crippen LogP contribution in [0.3, 0.4) is 0 Å². The highest BCUT2D eigenvalue weighted by Gasteiger charge is 2.22. The highest BCUT2D eigenvalue weighted by atomic mass is 16.5. The molecule has 3 nitrogen and oxygen atoms in total. The summed E-state index contributed by atoms with van der Waals surface area (Å²) in [5, 5.41) is 0. The summed E-state index contributed by atoms with van der Waals surface area (Å²) in [6, 6.07) is 32.1. The molecule has 3 aromatic rings. The number of ether oxygens (including phenoxy) is 1. The zero-order chi connectivity index (χ0) is 22.9. The fourth-order valence-electron chi connectivity index (χ4n) is 4.79. The molecule has 2 atom stereocenters. The monoisotopic (exact) mass is 442 g/mol. The molecule has 0 bridgehead atoms. The molecule has 3 aromatic carbocycles. The summed E-state index contributed by atoms with van der Waals surface area (Å²) in [5.41, 5.74) is 3.89. The van der Waals surface area contributed by atoms with Crippen LogP contribution in [0.4, 0.5) is 0 Å². The minimum Gasteiger partial charge on any atom is -0.367 e. The van der Waals surface area contributed by atoms with Crippen molar-refractivity contribution in [3.05, 3.63) is 108 Å². The van der Waals surface area contributed by atoms with E-state index in [0.29, 0.717) is 11.8 Å². The Balaban J connectivity index is 1.23.